The molecule has 1 aliphatic carbocycles. The lowest BCUT2D eigenvalue weighted by atomic mass is 9.98. The summed E-state index contributed by atoms with van der Waals surface area (Å²) >= 11 is 0. The lowest BCUT2D eigenvalue weighted by molar-refractivity contribution is -0.141. The normalized spacial score (nSPS) is 19.1. The molecule has 6 heteroatoms. The number of methoxy groups -OCH3 is 1. The Kier molecular flexibility index (Phi) is 4.69. The van der Waals surface area contributed by atoms with Gasteiger partial charge in [0.25, 0.3) is 0 Å². The summed E-state index contributed by atoms with van der Waals surface area (Å²) in [5.74, 6) is 2.38. The van der Waals surface area contributed by atoms with Gasteiger partial charge in [0.1, 0.15) is 23.4 Å². The summed E-state index contributed by atoms with van der Waals surface area (Å²) in [6.07, 6.45) is 6.03. The zero-order valence-corrected chi connectivity index (χ0v) is 17.1. The molecule has 0 radical (unpaired) electrons. The van der Waals surface area contributed by atoms with Crippen LogP contribution >= 0.6 is 0 Å². The van der Waals surface area contributed by atoms with Gasteiger partial charge in [0.15, 0.2) is 0 Å². The van der Waals surface area contributed by atoms with Crippen molar-refractivity contribution in [2.24, 2.45) is 7.05 Å². The number of benzene rings is 2. The van der Waals surface area contributed by atoms with E-state index >= 15 is 0 Å². The highest BCUT2D eigenvalue weighted by Gasteiger charge is 2.30. The van der Waals surface area contributed by atoms with E-state index in [1.165, 1.54) is 23.8 Å². The van der Waals surface area contributed by atoms with Crippen LogP contribution in [0.4, 0.5) is 0 Å². The molecule has 0 spiro atoms. The van der Waals surface area contributed by atoms with Gasteiger partial charge in [-0.1, -0.05) is 24.3 Å². The fraction of sp³-hybridized carbons (Fsp3) is 0.333. The Bertz CT molecular complexity index is 1100. The summed E-state index contributed by atoms with van der Waals surface area (Å²) in [7, 11) is 3.43. The molecular formula is C24H24N2O4. The monoisotopic (exact) mass is 404 g/mol. The van der Waals surface area contributed by atoms with Crippen LogP contribution in [0, 0.1) is 0 Å². The molecule has 6 nitrogen and oxygen atoms in total. The summed E-state index contributed by atoms with van der Waals surface area (Å²) in [6.45, 7) is 0.493. The molecule has 3 aromatic rings. The van der Waals surface area contributed by atoms with Crippen LogP contribution in [-0.4, -0.2) is 29.2 Å². The number of fused-ring (bicyclic) bond motifs is 2. The number of carbonyl (C=O) groups excluding carboxylic acids is 1. The van der Waals surface area contributed by atoms with E-state index in [1.54, 1.807) is 0 Å². The van der Waals surface area contributed by atoms with Gasteiger partial charge in [0.05, 0.1) is 20.1 Å². The van der Waals surface area contributed by atoms with Gasteiger partial charge in [-0.25, -0.2) is 4.98 Å². The third-order valence-electron chi connectivity index (χ3n) is 6.06. The molecule has 2 unspecified atom stereocenters. The van der Waals surface area contributed by atoms with Gasteiger partial charge in [-0.3, -0.25) is 4.79 Å². The van der Waals surface area contributed by atoms with E-state index in [-0.39, 0.29) is 18.0 Å². The van der Waals surface area contributed by atoms with Crippen molar-refractivity contribution >= 4 is 5.97 Å². The van der Waals surface area contributed by atoms with Crippen molar-refractivity contribution in [3.8, 4) is 22.9 Å². The fourth-order valence-corrected chi connectivity index (χ4v) is 4.52. The van der Waals surface area contributed by atoms with Crippen LogP contribution in [0.25, 0.3) is 11.4 Å². The van der Waals surface area contributed by atoms with E-state index in [4.69, 9.17) is 14.2 Å². The third kappa shape index (κ3) is 3.22. The topological polar surface area (TPSA) is 62.6 Å². The second-order valence-electron chi connectivity index (χ2n) is 7.87. The molecule has 2 aliphatic rings. The van der Waals surface area contributed by atoms with E-state index in [0.717, 1.165) is 35.7 Å². The molecule has 1 aromatic heterocycles. The average molecular weight is 404 g/mol. The third-order valence-corrected chi connectivity index (χ3v) is 6.06. The van der Waals surface area contributed by atoms with Gasteiger partial charge < -0.3 is 18.8 Å². The molecule has 2 atom stereocenters. The second kappa shape index (κ2) is 7.52. The number of ether oxygens (including phenoxy) is 3. The van der Waals surface area contributed by atoms with Crippen molar-refractivity contribution in [1.29, 1.82) is 0 Å². The number of nitrogens with zero attached hydrogens (tertiary/aromatic N) is 2. The maximum atomic E-state index is 11.6. The fourth-order valence-electron chi connectivity index (χ4n) is 4.52. The first-order valence-electron chi connectivity index (χ1n) is 10.2. The number of aromatic nitrogens is 2. The van der Waals surface area contributed by atoms with E-state index in [9.17, 15) is 4.79 Å². The highest BCUT2D eigenvalue weighted by molar-refractivity contribution is 5.71. The summed E-state index contributed by atoms with van der Waals surface area (Å²) in [5, 5.41) is 0. The minimum atomic E-state index is -0.220. The predicted octanol–water partition coefficient (Wildman–Crippen LogP) is 4.19. The molecular weight excluding hydrogens is 380 g/mol. The zero-order chi connectivity index (χ0) is 20.7. The Hall–Kier alpha value is -3.28. The summed E-state index contributed by atoms with van der Waals surface area (Å²) in [5.41, 5.74) is 4.75. The molecule has 30 heavy (non-hydrogen) atoms. The maximum absolute atomic E-state index is 11.6. The SMILES string of the molecule is COC(=O)CC1COc2cc(OC3CCc4c(-c5nccn5C)cccc43)ccc21. The lowest BCUT2D eigenvalue weighted by Crippen LogP contribution is -2.09. The summed E-state index contributed by atoms with van der Waals surface area (Å²) in [6, 6.07) is 12.3. The van der Waals surface area contributed by atoms with Crippen LogP contribution in [0.5, 0.6) is 11.5 Å². The highest BCUT2D eigenvalue weighted by Crippen LogP contribution is 2.42. The number of rotatable bonds is 5. The van der Waals surface area contributed by atoms with Crippen molar-refractivity contribution in [1.82, 2.24) is 9.55 Å². The van der Waals surface area contributed by atoms with Crippen molar-refractivity contribution in [3.63, 3.8) is 0 Å². The molecule has 154 valence electrons. The van der Waals surface area contributed by atoms with Crippen molar-refractivity contribution in [2.45, 2.75) is 31.3 Å². The number of aryl methyl sites for hydroxylation is 1. The van der Waals surface area contributed by atoms with Gasteiger partial charge in [0, 0.05) is 42.6 Å². The van der Waals surface area contributed by atoms with E-state index in [2.05, 4.69) is 23.2 Å². The average Bonchev–Trinajstić information content (AvgIpc) is 3.47. The summed E-state index contributed by atoms with van der Waals surface area (Å²) in [4.78, 5) is 16.1. The minimum Gasteiger partial charge on any atom is -0.492 e. The Morgan fingerprint density at radius 3 is 2.97 bits per heavy atom. The predicted molar refractivity (Wildman–Crippen MR) is 112 cm³/mol. The second-order valence-corrected chi connectivity index (χ2v) is 7.87. The van der Waals surface area contributed by atoms with E-state index in [1.807, 2.05) is 42.2 Å². The first-order chi connectivity index (χ1) is 14.6. The van der Waals surface area contributed by atoms with Crippen LogP contribution in [0.15, 0.2) is 48.8 Å². The standard InChI is InChI=1S/C24H24N2O4/c1-26-11-10-25-24(26)20-5-3-4-19-18(20)8-9-21(19)30-16-6-7-17-15(12-23(27)28-2)14-29-22(17)13-16/h3-7,10-11,13,15,21H,8-9,12,14H2,1-2H3. The van der Waals surface area contributed by atoms with Crippen LogP contribution in [0.3, 0.4) is 0 Å². The molecule has 1 aliphatic heterocycles. The molecule has 0 N–H and O–H groups in total. The molecule has 5 rings (SSSR count). The Morgan fingerprint density at radius 2 is 2.17 bits per heavy atom. The highest BCUT2D eigenvalue weighted by atomic mass is 16.5. The van der Waals surface area contributed by atoms with Gasteiger partial charge in [-0.2, -0.15) is 0 Å². The number of esters is 1. The smallest absolute Gasteiger partial charge is 0.306 e. The van der Waals surface area contributed by atoms with Gasteiger partial charge in [-0.15, -0.1) is 0 Å². The molecule has 0 bridgehead atoms. The van der Waals surface area contributed by atoms with E-state index in [0.29, 0.717) is 13.0 Å². The van der Waals surface area contributed by atoms with Crippen molar-refractivity contribution < 1.29 is 19.0 Å². The van der Waals surface area contributed by atoms with E-state index < -0.39 is 0 Å². The number of hydrogen-bond donors (Lipinski definition) is 0. The Labute approximate surface area is 175 Å². The van der Waals surface area contributed by atoms with Crippen molar-refractivity contribution in [2.75, 3.05) is 13.7 Å². The Balaban J connectivity index is 1.37. The minimum absolute atomic E-state index is 0.00513. The molecule has 2 aromatic carbocycles. The number of imidazole rings is 1. The van der Waals surface area contributed by atoms with Crippen molar-refractivity contribution in [3.05, 3.63) is 65.5 Å². The first kappa shape index (κ1) is 18.7. The number of carbonyl (C=O) groups is 1. The van der Waals surface area contributed by atoms with Gasteiger partial charge in [-0.05, 0) is 30.0 Å². The molecule has 0 fully saturated rings. The zero-order valence-electron chi connectivity index (χ0n) is 17.1. The Morgan fingerprint density at radius 1 is 1.27 bits per heavy atom. The largest absolute Gasteiger partial charge is 0.492 e. The number of hydrogen-bond acceptors (Lipinski definition) is 5. The molecule has 2 heterocycles. The lowest BCUT2D eigenvalue weighted by Gasteiger charge is -2.16. The van der Waals surface area contributed by atoms with Crippen LogP contribution in [0.1, 0.15) is 41.6 Å². The molecule has 0 amide bonds. The van der Waals surface area contributed by atoms with Crippen LogP contribution in [-0.2, 0) is 23.0 Å². The maximum Gasteiger partial charge on any atom is 0.306 e. The van der Waals surface area contributed by atoms with Crippen LogP contribution in [0.2, 0.25) is 0 Å². The van der Waals surface area contributed by atoms with Crippen LogP contribution < -0.4 is 9.47 Å². The summed E-state index contributed by atoms with van der Waals surface area (Å²) < 4.78 is 19.0. The first-order valence-corrected chi connectivity index (χ1v) is 10.2. The van der Waals surface area contributed by atoms with Gasteiger partial charge >= 0.3 is 5.97 Å². The van der Waals surface area contributed by atoms with Gasteiger partial charge in [0.2, 0.25) is 0 Å². The quantitative estimate of drug-likeness (QED) is 0.597. The molecule has 0 saturated carbocycles. The molecule has 0 saturated heterocycles.